The van der Waals surface area contributed by atoms with Crippen LogP contribution in [0.4, 0.5) is 0 Å². The minimum atomic E-state index is -0.536. The van der Waals surface area contributed by atoms with Gasteiger partial charge in [-0.2, -0.15) is 0 Å². The Hall–Kier alpha value is -1.65. The van der Waals surface area contributed by atoms with Crippen LogP contribution in [-0.4, -0.2) is 37.0 Å². The molecule has 0 aliphatic carbocycles. The summed E-state index contributed by atoms with van der Waals surface area (Å²) in [6.45, 7) is 5.27. The number of rotatable bonds is 45. The molecular weight excluding hydrogens is 677 g/mol. The topological polar surface area (TPSA) is 55.8 Å². The van der Waals surface area contributed by atoms with Crippen molar-refractivity contribution in [1.82, 2.24) is 0 Å². The number of hydrogen-bond donors (Lipinski definition) is 1. The molecule has 1 atom stereocenters. The van der Waals surface area contributed by atoms with E-state index in [0.29, 0.717) is 19.6 Å². The number of allylic oxidation sites excluding steroid dienone is 8. The van der Waals surface area contributed by atoms with Crippen molar-refractivity contribution in [3.05, 3.63) is 48.6 Å². The van der Waals surface area contributed by atoms with Crippen LogP contribution < -0.4 is 0 Å². The van der Waals surface area contributed by atoms with Crippen molar-refractivity contribution < 1.29 is 19.4 Å². The molecule has 0 aliphatic heterocycles. The predicted octanol–water partition coefficient (Wildman–Crippen LogP) is 16.2. The molecule has 0 aliphatic rings. The molecule has 1 unspecified atom stereocenters. The smallest absolute Gasteiger partial charge is 0.306 e. The van der Waals surface area contributed by atoms with E-state index in [1.807, 2.05) is 0 Å². The van der Waals surface area contributed by atoms with E-state index in [0.717, 1.165) is 44.9 Å². The van der Waals surface area contributed by atoms with Crippen molar-refractivity contribution in [2.75, 3.05) is 19.8 Å². The number of esters is 1. The van der Waals surface area contributed by atoms with E-state index in [1.54, 1.807) is 0 Å². The van der Waals surface area contributed by atoms with Gasteiger partial charge in [0.25, 0.3) is 0 Å². The van der Waals surface area contributed by atoms with E-state index in [4.69, 9.17) is 9.47 Å². The Morgan fingerprint density at radius 3 is 1.24 bits per heavy atom. The maximum absolute atomic E-state index is 12.3. The quantitative estimate of drug-likeness (QED) is 0.0381. The van der Waals surface area contributed by atoms with E-state index in [-0.39, 0.29) is 12.6 Å². The summed E-state index contributed by atoms with van der Waals surface area (Å²) in [7, 11) is 0. The third kappa shape index (κ3) is 46.6. The number of hydrogen-bond acceptors (Lipinski definition) is 4. The van der Waals surface area contributed by atoms with Crippen molar-refractivity contribution >= 4 is 5.97 Å². The lowest BCUT2D eigenvalue weighted by molar-refractivity contribution is -0.154. The SMILES string of the molecule is CC/C=C\C/C=C\C/C=C\C/C=C\CCCCCCCCCCCCC(=O)OC(CO)COCCCCCCCCCCCCCCCCCCCCCC. The minimum Gasteiger partial charge on any atom is -0.457 e. The Morgan fingerprint density at radius 1 is 0.455 bits per heavy atom. The number of aliphatic hydroxyl groups is 1. The van der Waals surface area contributed by atoms with E-state index in [2.05, 4.69) is 62.5 Å². The fourth-order valence-corrected chi connectivity index (χ4v) is 7.09. The molecule has 0 aromatic carbocycles. The molecule has 0 saturated heterocycles. The summed E-state index contributed by atoms with van der Waals surface area (Å²) < 4.78 is 11.2. The molecule has 0 aromatic rings. The number of unbranched alkanes of at least 4 members (excludes halogenated alkanes) is 29. The van der Waals surface area contributed by atoms with Crippen LogP contribution in [0, 0.1) is 0 Å². The lowest BCUT2D eigenvalue weighted by Gasteiger charge is -2.16. The average Bonchev–Trinajstić information content (AvgIpc) is 3.19. The Morgan fingerprint density at radius 2 is 0.818 bits per heavy atom. The molecule has 0 fully saturated rings. The minimum absolute atomic E-state index is 0.171. The van der Waals surface area contributed by atoms with Crippen LogP contribution in [0.5, 0.6) is 0 Å². The molecule has 4 heteroatoms. The highest BCUT2D eigenvalue weighted by molar-refractivity contribution is 5.69. The normalized spacial score (nSPS) is 12.7. The van der Waals surface area contributed by atoms with Crippen LogP contribution in [0.25, 0.3) is 0 Å². The summed E-state index contributed by atoms with van der Waals surface area (Å²) in [5, 5.41) is 9.64. The van der Waals surface area contributed by atoms with Crippen LogP contribution in [0.15, 0.2) is 48.6 Å². The molecule has 322 valence electrons. The van der Waals surface area contributed by atoms with Gasteiger partial charge in [-0.25, -0.2) is 0 Å². The molecular formula is C51H94O4. The largest absolute Gasteiger partial charge is 0.457 e. The molecule has 0 saturated carbocycles. The molecule has 1 N–H and O–H groups in total. The summed E-state index contributed by atoms with van der Waals surface area (Å²) in [5.74, 6) is -0.202. The van der Waals surface area contributed by atoms with Gasteiger partial charge in [-0.15, -0.1) is 0 Å². The summed E-state index contributed by atoms with van der Waals surface area (Å²) in [5.41, 5.74) is 0. The van der Waals surface area contributed by atoms with Crippen molar-refractivity contribution in [2.24, 2.45) is 0 Å². The maximum Gasteiger partial charge on any atom is 0.306 e. The van der Waals surface area contributed by atoms with E-state index in [9.17, 15) is 9.90 Å². The van der Waals surface area contributed by atoms with Gasteiger partial charge in [-0.1, -0.05) is 236 Å². The van der Waals surface area contributed by atoms with Gasteiger partial charge in [0.05, 0.1) is 13.2 Å². The summed E-state index contributed by atoms with van der Waals surface area (Å²) in [6.07, 6.45) is 63.3. The first-order chi connectivity index (χ1) is 27.2. The van der Waals surface area contributed by atoms with Crippen LogP contribution in [0.3, 0.4) is 0 Å². The molecule has 0 bridgehead atoms. The van der Waals surface area contributed by atoms with Gasteiger partial charge in [0, 0.05) is 13.0 Å². The van der Waals surface area contributed by atoms with Crippen LogP contribution in [-0.2, 0) is 14.3 Å². The highest BCUT2D eigenvalue weighted by Gasteiger charge is 2.13. The van der Waals surface area contributed by atoms with Gasteiger partial charge in [0.15, 0.2) is 0 Å². The molecule has 55 heavy (non-hydrogen) atoms. The fraction of sp³-hybridized carbons (Fsp3) is 0.824. The summed E-state index contributed by atoms with van der Waals surface area (Å²) in [4.78, 5) is 12.3. The number of carbonyl (C=O) groups is 1. The Balaban J connectivity index is 3.40. The standard InChI is InChI=1S/C51H94O4/c1-3-5-7-9-11-13-15-17-19-21-23-25-26-27-28-30-32-34-36-38-40-42-44-46-51(53)55-50(48-52)49-54-47-45-43-41-39-37-35-33-31-29-24-22-20-18-16-14-12-10-8-6-4-2/h5,7,11,13,17,19,23,25,50,52H,3-4,6,8-10,12,14-16,18,20-22,24,26-49H2,1-2H3/b7-5-,13-11-,19-17-,25-23-. The third-order valence-electron chi connectivity index (χ3n) is 10.7. The zero-order valence-corrected chi connectivity index (χ0v) is 36.9. The van der Waals surface area contributed by atoms with Gasteiger partial charge in [0.1, 0.15) is 6.10 Å². The van der Waals surface area contributed by atoms with Crippen molar-refractivity contribution in [3.8, 4) is 0 Å². The molecule has 0 heterocycles. The molecule has 4 nitrogen and oxygen atoms in total. The highest BCUT2D eigenvalue weighted by Crippen LogP contribution is 2.16. The highest BCUT2D eigenvalue weighted by atomic mass is 16.6. The van der Waals surface area contributed by atoms with Gasteiger partial charge in [-0.05, 0) is 51.4 Å². The van der Waals surface area contributed by atoms with Gasteiger partial charge in [0.2, 0.25) is 0 Å². The van der Waals surface area contributed by atoms with Gasteiger partial charge < -0.3 is 14.6 Å². The lowest BCUT2D eigenvalue weighted by Crippen LogP contribution is -2.27. The van der Waals surface area contributed by atoms with Crippen molar-refractivity contribution in [3.63, 3.8) is 0 Å². The van der Waals surface area contributed by atoms with Crippen LogP contribution in [0.2, 0.25) is 0 Å². The zero-order chi connectivity index (χ0) is 39.8. The monoisotopic (exact) mass is 771 g/mol. The van der Waals surface area contributed by atoms with Crippen LogP contribution in [0.1, 0.15) is 245 Å². The zero-order valence-electron chi connectivity index (χ0n) is 36.9. The maximum atomic E-state index is 12.3. The van der Waals surface area contributed by atoms with Crippen molar-refractivity contribution in [2.45, 2.75) is 251 Å². The molecule has 0 spiro atoms. The summed E-state index contributed by atoms with van der Waals surface area (Å²) >= 11 is 0. The second kappa shape index (κ2) is 48.5. The van der Waals surface area contributed by atoms with E-state index < -0.39 is 6.10 Å². The summed E-state index contributed by atoms with van der Waals surface area (Å²) in [6, 6.07) is 0. The molecule has 0 aromatic heterocycles. The van der Waals surface area contributed by atoms with E-state index >= 15 is 0 Å². The first-order valence-corrected chi connectivity index (χ1v) is 24.2. The third-order valence-corrected chi connectivity index (χ3v) is 10.7. The predicted molar refractivity (Wildman–Crippen MR) is 242 cm³/mol. The number of ether oxygens (including phenoxy) is 2. The van der Waals surface area contributed by atoms with Crippen molar-refractivity contribution in [1.29, 1.82) is 0 Å². The molecule has 0 rings (SSSR count). The Labute approximate surface area is 343 Å². The second-order valence-electron chi connectivity index (χ2n) is 16.2. The lowest BCUT2D eigenvalue weighted by atomic mass is 10.0. The van der Waals surface area contributed by atoms with E-state index in [1.165, 1.54) is 180 Å². The second-order valence-corrected chi connectivity index (χ2v) is 16.2. The first kappa shape index (κ1) is 53.4. The average molecular weight is 771 g/mol. The fourth-order valence-electron chi connectivity index (χ4n) is 7.09. The van der Waals surface area contributed by atoms with Gasteiger partial charge >= 0.3 is 5.97 Å². The number of carbonyl (C=O) groups excluding carboxylic acids is 1. The van der Waals surface area contributed by atoms with Gasteiger partial charge in [-0.3, -0.25) is 4.79 Å². The number of aliphatic hydroxyl groups excluding tert-OH is 1. The Bertz CT molecular complexity index is 859. The Kier molecular flexibility index (Phi) is 47.0. The van der Waals surface area contributed by atoms with Crippen LogP contribution >= 0.6 is 0 Å². The molecule has 0 amide bonds. The first-order valence-electron chi connectivity index (χ1n) is 24.2. The molecule has 0 radical (unpaired) electrons.